The van der Waals surface area contributed by atoms with Crippen LogP contribution in [0.4, 0.5) is 5.69 Å². The summed E-state index contributed by atoms with van der Waals surface area (Å²) in [5.74, 6) is -0.354. The molecule has 0 radical (unpaired) electrons. The number of ether oxygens (including phenoxy) is 2. The number of nitrogens with one attached hydrogen (secondary N) is 2. The average Bonchev–Trinajstić information content (AvgIpc) is 3.46. The van der Waals surface area contributed by atoms with Crippen molar-refractivity contribution in [2.24, 2.45) is 5.10 Å². The van der Waals surface area contributed by atoms with Crippen molar-refractivity contribution in [1.29, 1.82) is 0 Å². The first-order valence-electron chi connectivity index (χ1n) is 10.9. The van der Waals surface area contributed by atoms with E-state index in [1.54, 1.807) is 78.9 Å². The fourth-order valence-corrected chi connectivity index (χ4v) is 3.51. The van der Waals surface area contributed by atoms with Gasteiger partial charge >= 0.3 is 5.97 Å². The Morgan fingerprint density at radius 3 is 2.32 bits per heavy atom. The maximum Gasteiger partial charge on any atom is 0.343 e. The van der Waals surface area contributed by atoms with Gasteiger partial charge in [-0.05, 0) is 78.9 Å². The summed E-state index contributed by atoms with van der Waals surface area (Å²) >= 11 is 3.38. The summed E-state index contributed by atoms with van der Waals surface area (Å²) in [5, 5.41) is 6.67. The number of hydrogen-bond donors (Lipinski definition) is 2. The molecule has 0 saturated carbocycles. The van der Waals surface area contributed by atoms with Crippen molar-refractivity contribution in [3.05, 3.63) is 112 Å². The van der Waals surface area contributed by atoms with Gasteiger partial charge in [0.2, 0.25) is 0 Å². The molecule has 0 unspecified atom stereocenters. The quantitative estimate of drug-likeness (QED) is 0.131. The monoisotopic (exact) mass is 561 g/mol. The normalized spacial score (nSPS) is 10.6. The van der Waals surface area contributed by atoms with Gasteiger partial charge in [0.25, 0.3) is 11.8 Å². The molecule has 0 fully saturated rings. The van der Waals surface area contributed by atoms with Gasteiger partial charge in [-0.1, -0.05) is 15.9 Å². The van der Waals surface area contributed by atoms with Crippen LogP contribution in [0.25, 0.3) is 0 Å². The maximum atomic E-state index is 12.6. The molecule has 1 aromatic heterocycles. The molecule has 37 heavy (non-hydrogen) atoms. The predicted molar refractivity (Wildman–Crippen MR) is 140 cm³/mol. The minimum Gasteiger partial charge on any atom is -0.497 e. The van der Waals surface area contributed by atoms with Gasteiger partial charge in [0, 0.05) is 21.3 Å². The third kappa shape index (κ3) is 6.71. The van der Waals surface area contributed by atoms with E-state index in [1.165, 1.54) is 19.6 Å². The van der Waals surface area contributed by atoms with Crippen LogP contribution >= 0.6 is 15.9 Å². The number of carbonyl (C=O) groups excluding carboxylic acids is 3. The van der Waals surface area contributed by atoms with E-state index >= 15 is 0 Å². The number of methoxy groups -OCH3 is 1. The predicted octanol–water partition coefficient (Wildman–Crippen LogP) is 5.29. The largest absolute Gasteiger partial charge is 0.497 e. The number of hydrogen-bond acceptors (Lipinski definition) is 7. The summed E-state index contributed by atoms with van der Waals surface area (Å²) in [4.78, 5) is 37.1. The summed E-state index contributed by atoms with van der Waals surface area (Å²) in [7, 11) is 1.54. The molecular weight excluding hydrogens is 542 g/mol. The van der Waals surface area contributed by atoms with Crippen LogP contribution in [-0.4, -0.2) is 31.1 Å². The molecule has 3 aromatic carbocycles. The van der Waals surface area contributed by atoms with E-state index in [-0.39, 0.29) is 11.5 Å². The van der Waals surface area contributed by atoms with Crippen molar-refractivity contribution in [2.45, 2.75) is 0 Å². The number of furan rings is 1. The van der Waals surface area contributed by atoms with Crippen molar-refractivity contribution in [3.63, 3.8) is 0 Å². The Labute approximate surface area is 220 Å². The molecule has 186 valence electrons. The first-order chi connectivity index (χ1) is 17.9. The molecule has 0 aliphatic carbocycles. The molecular formula is C27H20BrN3O6. The number of esters is 1. The minimum absolute atomic E-state index is 0.178. The van der Waals surface area contributed by atoms with Gasteiger partial charge in [0.05, 0.1) is 25.2 Å². The van der Waals surface area contributed by atoms with Crippen LogP contribution in [0.2, 0.25) is 0 Å². The van der Waals surface area contributed by atoms with Gasteiger partial charge < -0.3 is 19.2 Å². The minimum atomic E-state index is -0.553. The summed E-state index contributed by atoms with van der Waals surface area (Å²) < 4.78 is 16.4. The highest BCUT2D eigenvalue weighted by Gasteiger charge is 2.13. The highest BCUT2D eigenvalue weighted by molar-refractivity contribution is 9.10. The Kier molecular flexibility index (Phi) is 8.11. The maximum absolute atomic E-state index is 12.6. The Hall–Kier alpha value is -4.70. The number of benzene rings is 3. The average molecular weight is 562 g/mol. The van der Waals surface area contributed by atoms with Crippen molar-refractivity contribution in [1.82, 2.24) is 5.43 Å². The van der Waals surface area contributed by atoms with Crippen LogP contribution in [0.1, 0.15) is 36.8 Å². The summed E-state index contributed by atoms with van der Waals surface area (Å²) in [6.45, 7) is 0. The zero-order chi connectivity index (χ0) is 26.2. The van der Waals surface area contributed by atoms with Crippen LogP contribution in [0, 0.1) is 0 Å². The second-order valence-corrected chi connectivity index (χ2v) is 8.42. The molecule has 1 heterocycles. The summed E-state index contributed by atoms with van der Waals surface area (Å²) in [5.41, 5.74) is 4.08. The van der Waals surface area contributed by atoms with E-state index in [2.05, 4.69) is 31.8 Å². The lowest BCUT2D eigenvalue weighted by atomic mass is 10.2. The van der Waals surface area contributed by atoms with Gasteiger partial charge in [0.15, 0.2) is 5.76 Å². The highest BCUT2D eigenvalue weighted by atomic mass is 79.9. The van der Waals surface area contributed by atoms with E-state index in [0.29, 0.717) is 28.1 Å². The van der Waals surface area contributed by atoms with Crippen molar-refractivity contribution in [2.75, 3.05) is 12.4 Å². The number of halogens is 1. The Bertz CT molecular complexity index is 1430. The Balaban J connectivity index is 1.38. The van der Waals surface area contributed by atoms with Crippen LogP contribution in [0.3, 0.4) is 0 Å². The van der Waals surface area contributed by atoms with Crippen LogP contribution in [0.5, 0.6) is 11.5 Å². The summed E-state index contributed by atoms with van der Waals surface area (Å²) in [6, 6.07) is 21.0. The van der Waals surface area contributed by atoms with Gasteiger partial charge in [-0.3, -0.25) is 9.59 Å². The number of amides is 2. The molecule has 9 nitrogen and oxygen atoms in total. The lowest BCUT2D eigenvalue weighted by molar-refractivity contribution is 0.0733. The number of hydrazone groups is 1. The zero-order valence-corrected chi connectivity index (χ0v) is 21.0. The van der Waals surface area contributed by atoms with Crippen LogP contribution < -0.4 is 20.2 Å². The lowest BCUT2D eigenvalue weighted by Crippen LogP contribution is -2.18. The zero-order valence-electron chi connectivity index (χ0n) is 19.4. The first kappa shape index (κ1) is 25.4. The number of nitrogens with zero attached hydrogens (tertiary/aromatic N) is 1. The van der Waals surface area contributed by atoms with E-state index in [9.17, 15) is 14.4 Å². The SMILES string of the molecule is COc1ccc(C(=O)Oc2ccc(Br)cc2/C=N\NC(=O)c2ccc(NC(=O)c3ccco3)cc2)cc1. The molecule has 0 aliphatic rings. The van der Waals surface area contributed by atoms with Gasteiger partial charge in [-0.2, -0.15) is 5.10 Å². The fraction of sp³-hybridized carbons (Fsp3) is 0.0370. The Morgan fingerprint density at radius 2 is 1.65 bits per heavy atom. The molecule has 0 aliphatic heterocycles. The molecule has 0 spiro atoms. The van der Waals surface area contributed by atoms with Gasteiger partial charge in [-0.15, -0.1) is 0 Å². The third-order valence-corrected chi connectivity index (χ3v) is 5.51. The number of rotatable bonds is 8. The van der Waals surface area contributed by atoms with Gasteiger partial charge in [-0.25, -0.2) is 10.2 Å². The van der Waals surface area contributed by atoms with E-state index in [0.717, 1.165) is 4.47 Å². The van der Waals surface area contributed by atoms with E-state index in [1.807, 2.05) is 0 Å². The van der Waals surface area contributed by atoms with Crippen molar-refractivity contribution < 1.29 is 28.3 Å². The number of anilines is 1. The third-order valence-electron chi connectivity index (χ3n) is 5.02. The summed E-state index contributed by atoms with van der Waals surface area (Å²) in [6.07, 6.45) is 2.78. The lowest BCUT2D eigenvalue weighted by Gasteiger charge is -2.09. The smallest absolute Gasteiger partial charge is 0.343 e. The van der Waals surface area contributed by atoms with Crippen molar-refractivity contribution in [3.8, 4) is 11.5 Å². The molecule has 4 aromatic rings. The molecule has 10 heteroatoms. The standard InChI is InChI=1S/C27H20BrN3O6/c1-35-22-11-6-18(7-12-22)27(34)37-23-13-8-20(28)15-19(23)16-29-31-25(32)17-4-9-21(10-5-17)30-26(33)24-3-2-14-36-24/h2-16H,1H3,(H,30,33)(H,31,32)/b29-16-. The molecule has 0 bridgehead atoms. The Morgan fingerprint density at radius 1 is 0.919 bits per heavy atom. The van der Waals surface area contributed by atoms with Crippen molar-refractivity contribution >= 4 is 45.6 Å². The molecule has 4 rings (SSSR count). The van der Waals surface area contributed by atoms with Crippen LogP contribution in [-0.2, 0) is 0 Å². The molecule has 2 N–H and O–H groups in total. The second-order valence-electron chi connectivity index (χ2n) is 7.51. The van der Waals surface area contributed by atoms with Gasteiger partial charge in [0.1, 0.15) is 11.5 Å². The van der Waals surface area contributed by atoms with E-state index < -0.39 is 17.8 Å². The number of carbonyl (C=O) groups is 3. The highest BCUT2D eigenvalue weighted by Crippen LogP contribution is 2.23. The molecule has 2 amide bonds. The van der Waals surface area contributed by atoms with Crippen LogP contribution in [0.15, 0.2) is 99.1 Å². The fourth-order valence-electron chi connectivity index (χ4n) is 3.13. The first-order valence-corrected chi connectivity index (χ1v) is 11.7. The molecule has 0 saturated heterocycles. The second kappa shape index (κ2) is 11.8. The molecule has 0 atom stereocenters. The topological polar surface area (TPSA) is 119 Å². The van der Waals surface area contributed by atoms with E-state index in [4.69, 9.17) is 13.9 Å².